The Kier molecular flexibility index (Phi) is 5.50. The van der Waals surface area contributed by atoms with Crippen LogP contribution in [0.5, 0.6) is 17.4 Å². The summed E-state index contributed by atoms with van der Waals surface area (Å²) in [5.41, 5.74) is 8.84. The van der Waals surface area contributed by atoms with Crippen LogP contribution in [0.25, 0.3) is 0 Å². The molecule has 0 spiro atoms. The first kappa shape index (κ1) is 19.7. The SMILES string of the molecule is Cc1[nH]nc2c1C(c1ccc(OCCOc3ccc(Cl)cc3)cc1)C(C#N)=C(N)O2. The fourth-order valence-electron chi connectivity index (χ4n) is 3.34. The number of aryl methyl sites for hydroxylation is 1. The van der Waals surface area contributed by atoms with Crippen LogP contribution < -0.4 is 19.9 Å². The highest BCUT2D eigenvalue weighted by Crippen LogP contribution is 2.42. The van der Waals surface area contributed by atoms with Gasteiger partial charge in [0.1, 0.15) is 36.4 Å². The minimum Gasteiger partial charge on any atom is -0.490 e. The molecule has 3 N–H and O–H groups in total. The Morgan fingerprint density at radius 1 is 1.10 bits per heavy atom. The standard InChI is InChI=1S/C22H19ClN4O3/c1-13-19-20(18(12-24)21(25)30-22(19)27-26-13)14-2-6-16(7-3-14)28-10-11-29-17-8-4-15(23)5-9-17/h2-9,20H,10-11,25H2,1H3,(H,26,27). The van der Waals surface area contributed by atoms with Crippen LogP contribution >= 0.6 is 11.6 Å². The van der Waals surface area contributed by atoms with Gasteiger partial charge >= 0.3 is 0 Å². The number of hydrogen-bond acceptors (Lipinski definition) is 6. The molecule has 1 aliphatic heterocycles. The van der Waals surface area contributed by atoms with Crippen LogP contribution in [-0.2, 0) is 0 Å². The Bertz CT molecular complexity index is 1110. The van der Waals surface area contributed by atoms with E-state index in [0.29, 0.717) is 35.4 Å². The van der Waals surface area contributed by atoms with Gasteiger partial charge in [0.25, 0.3) is 0 Å². The molecule has 0 saturated heterocycles. The van der Waals surface area contributed by atoms with Crippen LogP contribution in [0.4, 0.5) is 0 Å². The Hall–Kier alpha value is -3.63. The lowest BCUT2D eigenvalue weighted by Gasteiger charge is -2.23. The first-order chi connectivity index (χ1) is 14.6. The summed E-state index contributed by atoms with van der Waals surface area (Å²) in [4.78, 5) is 0. The molecule has 7 nitrogen and oxygen atoms in total. The van der Waals surface area contributed by atoms with Gasteiger partial charge in [-0.05, 0) is 48.9 Å². The van der Waals surface area contributed by atoms with Crippen LogP contribution in [0.2, 0.25) is 5.02 Å². The number of ether oxygens (including phenoxy) is 3. The molecule has 2 aromatic carbocycles. The van der Waals surface area contributed by atoms with Gasteiger partial charge in [-0.3, -0.25) is 5.10 Å². The lowest BCUT2D eigenvalue weighted by atomic mass is 9.84. The summed E-state index contributed by atoms with van der Waals surface area (Å²) < 4.78 is 16.9. The number of benzene rings is 2. The zero-order chi connectivity index (χ0) is 21.1. The Balaban J connectivity index is 1.43. The van der Waals surface area contributed by atoms with E-state index in [1.54, 1.807) is 12.1 Å². The molecule has 0 fully saturated rings. The van der Waals surface area contributed by atoms with Gasteiger partial charge in [0, 0.05) is 16.3 Å². The largest absolute Gasteiger partial charge is 0.490 e. The average molecular weight is 423 g/mol. The van der Waals surface area contributed by atoms with E-state index in [0.717, 1.165) is 22.6 Å². The number of nitrogens with zero attached hydrogens (tertiary/aromatic N) is 2. The number of aromatic amines is 1. The number of H-pyrrole nitrogens is 1. The highest BCUT2D eigenvalue weighted by molar-refractivity contribution is 6.30. The van der Waals surface area contributed by atoms with Crippen molar-refractivity contribution in [2.45, 2.75) is 12.8 Å². The van der Waals surface area contributed by atoms with Gasteiger partial charge in [-0.25, -0.2) is 0 Å². The van der Waals surface area contributed by atoms with Gasteiger partial charge in [0.15, 0.2) is 0 Å². The van der Waals surface area contributed by atoms with Crippen molar-refractivity contribution in [1.29, 1.82) is 5.26 Å². The molecule has 1 atom stereocenters. The predicted octanol–water partition coefficient (Wildman–Crippen LogP) is 4.05. The highest BCUT2D eigenvalue weighted by Gasteiger charge is 2.34. The third kappa shape index (κ3) is 3.91. The molecule has 8 heteroatoms. The van der Waals surface area contributed by atoms with Crippen LogP contribution in [0.15, 0.2) is 60.0 Å². The van der Waals surface area contributed by atoms with Crippen LogP contribution in [0.3, 0.4) is 0 Å². The van der Waals surface area contributed by atoms with Gasteiger partial charge in [0.2, 0.25) is 11.8 Å². The third-order valence-electron chi connectivity index (χ3n) is 4.78. The number of allylic oxidation sites excluding steroid dienone is 1. The number of aromatic nitrogens is 2. The molecule has 0 saturated carbocycles. The van der Waals surface area contributed by atoms with Gasteiger partial charge < -0.3 is 19.9 Å². The summed E-state index contributed by atoms with van der Waals surface area (Å²) in [6.45, 7) is 2.68. The molecule has 3 aromatic rings. The zero-order valence-corrected chi connectivity index (χ0v) is 16.9. The Morgan fingerprint density at radius 3 is 2.30 bits per heavy atom. The summed E-state index contributed by atoms with van der Waals surface area (Å²) in [7, 11) is 0. The Labute approximate surface area is 178 Å². The van der Waals surface area contributed by atoms with Crippen molar-refractivity contribution in [2.75, 3.05) is 13.2 Å². The lowest BCUT2D eigenvalue weighted by Crippen LogP contribution is -2.21. The fourth-order valence-corrected chi connectivity index (χ4v) is 3.46. The van der Waals surface area contributed by atoms with E-state index in [1.165, 1.54) is 0 Å². The van der Waals surface area contributed by atoms with Crippen molar-refractivity contribution in [1.82, 2.24) is 10.2 Å². The van der Waals surface area contributed by atoms with E-state index in [-0.39, 0.29) is 11.8 Å². The summed E-state index contributed by atoms with van der Waals surface area (Å²) in [5, 5.41) is 17.3. The number of nitrogens with two attached hydrogens (primary N) is 1. The average Bonchev–Trinajstić information content (AvgIpc) is 3.12. The second kappa shape index (κ2) is 8.39. The first-order valence-electron chi connectivity index (χ1n) is 9.30. The molecule has 4 rings (SSSR count). The second-order valence-electron chi connectivity index (χ2n) is 6.71. The normalized spacial score (nSPS) is 15.2. The van der Waals surface area contributed by atoms with E-state index in [4.69, 9.17) is 31.5 Å². The Morgan fingerprint density at radius 2 is 1.70 bits per heavy atom. The molecule has 0 bridgehead atoms. The monoisotopic (exact) mass is 422 g/mol. The van der Waals surface area contributed by atoms with Crippen molar-refractivity contribution in [3.8, 4) is 23.4 Å². The quantitative estimate of drug-likeness (QED) is 0.580. The van der Waals surface area contributed by atoms with Gasteiger partial charge in [-0.1, -0.05) is 23.7 Å². The van der Waals surface area contributed by atoms with Gasteiger partial charge in [-0.2, -0.15) is 5.26 Å². The second-order valence-corrected chi connectivity index (χ2v) is 7.15. The van der Waals surface area contributed by atoms with Crippen molar-refractivity contribution in [3.63, 3.8) is 0 Å². The number of nitriles is 1. The minimum atomic E-state index is -0.347. The van der Waals surface area contributed by atoms with E-state index in [2.05, 4.69) is 16.3 Å². The van der Waals surface area contributed by atoms with Crippen LogP contribution in [0.1, 0.15) is 22.7 Å². The minimum absolute atomic E-state index is 0.0705. The third-order valence-corrected chi connectivity index (χ3v) is 5.03. The molecular weight excluding hydrogens is 404 g/mol. The highest BCUT2D eigenvalue weighted by atomic mass is 35.5. The number of fused-ring (bicyclic) bond motifs is 1. The van der Waals surface area contributed by atoms with Crippen molar-refractivity contribution in [3.05, 3.63) is 81.8 Å². The van der Waals surface area contributed by atoms with E-state index >= 15 is 0 Å². The van der Waals surface area contributed by atoms with Gasteiger partial charge in [-0.15, -0.1) is 5.10 Å². The molecule has 1 aliphatic rings. The molecule has 0 amide bonds. The summed E-state index contributed by atoms with van der Waals surface area (Å²) in [6, 6.07) is 16.9. The summed E-state index contributed by atoms with van der Waals surface area (Å²) >= 11 is 5.86. The summed E-state index contributed by atoms with van der Waals surface area (Å²) in [5.74, 6) is 1.55. The maximum Gasteiger partial charge on any atom is 0.244 e. The van der Waals surface area contributed by atoms with Gasteiger partial charge in [0.05, 0.1) is 5.92 Å². The van der Waals surface area contributed by atoms with E-state index in [9.17, 15) is 5.26 Å². The smallest absolute Gasteiger partial charge is 0.244 e. The molecule has 30 heavy (non-hydrogen) atoms. The zero-order valence-electron chi connectivity index (χ0n) is 16.2. The molecule has 1 aromatic heterocycles. The molecule has 2 heterocycles. The molecule has 1 unspecified atom stereocenters. The first-order valence-corrected chi connectivity index (χ1v) is 9.68. The molecule has 0 aliphatic carbocycles. The number of halogens is 1. The molecule has 152 valence electrons. The van der Waals surface area contributed by atoms with E-state index < -0.39 is 0 Å². The maximum atomic E-state index is 9.61. The van der Waals surface area contributed by atoms with Crippen molar-refractivity contribution >= 4 is 11.6 Å². The van der Waals surface area contributed by atoms with E-state index in [1.807, 2.05) is 43.3 Å². The van der Waals surface area contributed by atoms with Crippen molar-refractivity contribution in [2.24, 2.45) is 5.73 Å². The number of hydrogen-bond donors (Lipinski definition) is 2. The molecule has 0 radical (unpaired) electrons. The predicted molar refractivity (Wildman–Crippen MR) is 112 cm³/mol. The summed E-state index contributed by atoms with van der Waals surface area (Å²) in [6.07, 6.45) is 0. The number of nitrogens with one attached hydrogen (secondary N) is 1. The maximum absolute atomic E-state index is 9.61. The fraction of sp³-hybridized carbons (Fsp3) is 0.182. The topological polar surface area (TPSA) is 106 Å². The lowest BCUT2D eigenvalue weighted by molar-refractivity contribution is 0.217. The number of rotatable bonds is 6. The molecular formula is C22H19ClN4O3. The van der Waals surface area contributed by atoms with Crippen LogP contribution in [-0.4, -0.2) is 23.4 Å². The van der Waals surface area contributed by atoms with Crippen molar-refractivity contribution < 1.29 is 14.2 Å². The van der Waals surface area contributed by atoms with Crippen LogP contribution in [0, 0.1) is 18.3 Å².